The lowest BCUT2D eigenvalue weighted by molar-refractivity contribution is 0.677. The monoisotopic (exact) mass is 196 g/mol. The maximum absolute atomic E-state index is 5.78. The smallest absolute Gasteiger partial charge is 0.144 e. The van der Waals surface area contributed by atoms with Crippen molar-refractivity contribution in [2.45, 2.75) is 18.4 Å². The molecule has 0 amide bonds. The second kappa shape index (κ2) is 3.38. The molecule has 11 heavy (non-hydrogen) atoms. The molecule has 0 aromatic carbocycles. The summed E-state index contributed by atoms with van der Waals surface area (Å²) in [6.07, 6.45) is 3.55. The number of nitrogens with two attached hydrogens (primary N) is 1. The van der Waals surface area contributed by atoms with Crippen LogP contribution in [0.3, 0.4) is 0 Å². The van der Waals surface area contributed by atoms with Gasteiger partial charge < -0.3 is 5.73 Å². The summed E-state index contributed by atoms with van der Waals surface area (Å²) < 4.78 is 0. The highest BCUT2D eigenvalue weighted by atomic mass is 35.5. The number of aromatic amines is 1. The molecule has 0 atom stereocenters. The molecule has 1 aromatic rings. The molecule has 64 valence electrons. The van der Waals surface area contributed by atoms with Crippen LogP contribution in [0.1, 0.15) is 18.7 Å². The van der Waals surface area contributed by atoms with Gasteiger partial charge in [-0.1, -0.05) is 0 Å². The van der Waals surface area contributed by atoms with Gasteiger partial charge in [-0.25, -0.2) is 4.98 Å². The first-order valence-electron chi connectivity index (χ1n) is 2.96. The van der Waals surface area contributed by atoms with Crippen molar-refractivity contribution < 1.29 is 0 Å². The molecule has 1 aromatic heterocycles. The number of rotatable bonds is 1. The van der Waals surface area contributed by atoms with Gasteiger partial charge in [-0.05, 0) is 12.8 Å². The fourth-order valence-electron chi connectivity index (χ4n) is 0.817. The van der Waals surface area contributed by atoms with E-state index in [0.29, 0.717) is 0 Å². The molecule has 0 unspecified atom stereocenters. The third-order valence-corrected chi connectivity index (χ3v) is 1.68. The molecule has 4 nitrogen and oxygen atoms in total. The third-order valence-electron chi connectivity index (χ3n) is 1.68. The molecule has 3 N–H and O–H groups in total. The van der Waals surface area contributed by atoms with E-state index in [2.05, 4.69) is 15.2 Å². The quantitative estimate of drug-likeness (QED) is 0.692. The van der Waals surface area contributed by atoms with Crippen LogP contribution in [-0.4, -0.2) is 15.2 Å². The molecular weight excluding hydrogens is 187 g/mol. The minimum absolute atomic E-state index is 0. The summed E-state index contributed by atoms with van der Waals surface area (Å²) in [4.78, 5) is 3.96. The van der Waals surface area contributed by atoms with Crippen LogP contribution < -0.4 is 5.73 Å². The normalized spacial score (nSPS) is 17.9. The highest BCUT2D eigenvalue weighted by Crippen LogP contribution is 2.40. The van der Waals surface area contributed by atoms with E-state index >= 15 is 0 Å². The second-order valence-corrected chi connectivity index (χ2v) is 2.49. The topological polar surface area (TPSA) is 67.6 Å². The van der Waals surface area contributed by atoms with Gasteiger partial charge in [0.25, 0.3) is 0 Å². The van der Waals surface area contributed by atoms with Crippen molar-refractivity contribution in [1.82, 2.24) is 15.2 Å². The molecule has 1 heterocycles. The summed E-state index contributed by atoms with van der Waals surface area (Å²) in [5.41, 5.74) is 5.62. The summed E-state index contributed by atoms with van der Waals surface area (Å²) >= 11 is 0. The maximum Gasteiger partial charge on any atom is 0.144 e. The zero-order valence-corrected chi connectivity index (χ0v) is 7.41. The van der Waals surface area contributed by atoms with Gasteiger partial charge in [0.1, 0.15) is 12.2 Å². The Morgan fingerprint density at radius 2 is 2.09 bits per heavy atom. The van der Waals surface area contributed by atoms with Crippen LogP contribution in [0, 0.1) is 0 Å². The van der Waals surface area contributed by atoms with E-state index < -0.39 is 0 Å². The van der Waals surface area contributed by atoms with Crippen molar-refractivity contribution in [3.63, 3.8) is 0 Å². The average molecular weight is 197 g/mol. The summed E-state index contributed by atoms with van der Waals surface area (Å²) in [6, 6.07) is 0. The number of hydrogen-bond donors (Lipinski definition) is 2. The molecular formula is C5H10Cl2N4. The fraction of sp³-hybridized carbons (Fsp3) is 0.600. The highest BCUT2D eigenvalue weighted by molar-refractivity contribution is 5.85. The number of hydrogen-bond acceptors (Lipinski definition) is 3. The third kappa shape index (κ3) is 1.83. The predicted molar refractivity (Wildman–Crippen MR) is 46.0 cm³/mol. The largest absolute Gasteiger partial charge is 0.319 e. The number of H-pyrrole nitrogens is 1. The first-order chi connectivity index (χ1) is 4.31. The molecule has 1 aliphatic rings. The first-order valence-corrected chi connectivity index (χ1v) is 2.96. The molecule has 1 aliphatic carbocycles. The average Bonchev–Trinajstić information content (AvgIpc) is 2.46. The summed E-state index contributed by atoms with van der Waals surface area (Å²) in [7, 11) is 0. The Labute approximate surface area is 76.8 Å². The van der Waals surface area contributed by atoms with Crippen molar-refractivity contribution in [2.24, 2.45) is 5.73 Å². The lowest BCUT2D eigenvalue weighted by Crippen LogP contribution is -2.20. The van der Waals surface area contributed by atoms with Crippen molar-refractivity contribution in [3.8, 4) is 0 Å². The minimum atomic E-state index is -0.156. The number of aromatic nitrogens is 3. The van der Waals surface area contributed by atoms with E-state index in [1.54, 1.807) is 0 Å². The molecule has 0 bridgehead atoms. The van der Waals surface area contributed by atoms with Crippen molar-refractivity contribution in [2.75, 3.05) is 0 Å². The van der Waals surface area contributed by atoms with Crippen LogP contribution in [0.5, 0.6) is 0 Å². The van der Waals surface area contributed by atoms with Gasteiger partial charge >= 0.3 is 0 Å². The second-order valence-electron chi connectivity index (χ2n) is 2.49. The van der Waals surface area contributed by atoms with Gasteiger partial charge in [0.15, 0.2) is 0 Å². The SMILES string of the molecule is Cl.Cl.NC1(c2ncn[nH]2)CC1. The number of nitrogens with one attached hydrogen (secondary N) is 1. The standard InChI is InChI=1S/C5H8N4.2ClH/c6-5(1-2-5)4-7-3-8-9-4;;/h3H,1-2,6H2,(H,7,8,9);2*1H. The molecule has 0 aliphatic heterocycles. The van der Waals surface area contributed by atoms with Crippen LogP contribution >= 0.6 is 24.8 Å². The van der Waals surface area contributed by atoms with Crippen LogP contribution in [0.4, 0.5) is 0 Å². The lowest BCUT2D eigenvalue weighted by Gasteiger charge is -1.99. The Balaban J connectivity index is 0.000000500. The van der Waals surface area contributed by atoms with E-state index in [1.807, 2.05) is 0 Å². The van der Waals surface area contributed by atoms with E-state index in [1.165, 1.54) is 6.33 Å². The minimum Gasteiger partial charge on any atom is -0.319 e. The van der Waals surface area contributed by atoms with E-state index in [4.69, 9.17) is 5.73 Å². The van der Waals surface area contributed by atoms with Crippen LogP contribution in [0.15, 0.2) is 6.33 Å². The van der Waals surface area contributed by atoms with Gasteiger partial charge in [0.2, 0.25) is 0 Å². The van der Waals surface area contributed by atoms with Gasteiger partial charge in [-0.15, -0.1) is 24.8 Å². The van der Waals surface area contributed by atoms with Crippen molar-refractivity contribution in [1.29, 1.82) is 0 Å². The highest BCUT2D eigenvalue weighted by Gasteiger charge is 2.42. The van der Waals surface area contributed by atoms with E-state index in [0.717, 1.165) is 18.7 Å². The van der Waals surface area contributed by atoms with E-state index in [9.17, 15) is 0 Å². The Bertz CT molecular complexity index is 206. The maximum atomic E-state index is 5.78. The molecule has 2 rings (SSSR count). The summed E-state index contributed by atoms with van der Waals surface area (Å²) in [5, 5.41) is 6.47. The van der Waals surface area contributed by atoms with Gasteiger partial charge in [-0.2, -0.15) is 5.10 Å². The Morgan fingerprint density at radius 1 is 1.45 bits per heavy atom. The molecule has 6 heteroatoms. The van der Waals surface area contributed by atoms with E-state index in [-0.39, 0.29) is 30.4 Å². The van der Waals surface area contributed by atoms with Crippen LogP contribution in [-0.2, 0) is 5.54 Å². The zero-order chi connectivity index (χ0) is 6.32. The van der Waals surface area contributed by atoms with Crippen LogP contribution in [0.2, 0.25) is 0 Å². The van der Waals surface area contributed by atoms with Gasteiger partial charge in [-0.3, -0.25) is 5.10 Å². The van der Waals surface area contributed by atoms with Gasteiger partial charge in [0, 0.05) is 0 Å². The lowest BCUT2D eigenvalue weighted by atomic mass is 10.3. The van der Waals surface area contributed by atoms with Crippen LogP contribution in [0.25, 0.3) is 0 Å². The van der Waals surface area contributed by atoms with Gasteiger partial charge in [0.05, 0.1) is 5.54 Å². The Kier molecular flexibility index (Phi) is 3.29. The Hall–Kier alpha value is -0.320. The number of nitrogens with zero attached hydrogens (tertiary/aromatic N) is 2. The summed E-state index contributed by atoms with van der Waals surface area (Å²) in [6.45, 7) is 0. The molecule has 0 radical (unpaired) electrons. The van der Waals surface area contributed by atoms with Crippen molar-refractivity contribution in [3.05, 3.63) is 12.2 Å². The first kappa shape index (κ1) is 10.7. The van der Waals surface area contributed by atoms with Crippen molar-refractivity contribution >= 4 is 24.8 Å². The predicted octanol–water partition coefficient (Wildman–Crippen LogP) is 0.596. The Morgan fingerprint density at radius 3 is 2.45 bits per heavy atom. The summed E-state index contributed by atoms with van der Waals surface area (Å²) in [5.74, 6) is 0.822. The number of halogens is 2. The molecule has 1 fully saturated rings. The zero-order valence-electron chi connectivity index (χ0n) is 5.78. The fourth-order valence-corrected chi connectivity index (χ4v) is 0.817. The molecule has 0 spiro atoms. The molecule has 1 saturated carbocycles. The molecule has 0 saturated heterocycles.